The summed E-state index contributed by atoms with van der Waals surface area (Å²) in [6.45, 7) is 3.88. The molecule has 0 aliphatic carbocycles. The summed E-state index contributed by atoms with van der Waals surface area (Å²) in [5.41, 5.74) is 3.49. The Morgan fingerprint density at radius 3 is 2.41 bits per heavy atom. The van der Waals surface area contributed by atoms with E-state index in [4.69, 9.17) is 9.47 Å². The second-order valence-corrected chi connectivity index (χ2v) is 8.64. The number of rotatable bonds is 7. The molecule has 1 aliphatic heterocycles. The summed E-state index contributed by atoms with van der Waals surface area (Å²) >= 11 is 0. The number of hydrogen-bond acceptors (Lipinski definition) is 5. The van der Waals surface area contributed by atoms with Crippen molar-refractivity contribution in [1.82, 2.24) is 4.72 Å². The number of sulfonamides is 1. The fourth-order valence-corrected chi connectivity index (χ4v) is 4.32. The highest BCUT2D eigenvalue weighted by Crippen LogP contribution is 2.35. The third-order valence-electron chi connectivity index (χ3n) is 4.70. The maximum absolute atomic E-state index is 12.7. The summed E-state index contributed by atoms with van der Waals surface area (Å²) in [6, 6.07) is 10.1. The van der Waals surface area contributed by atoms with Gasteiger partial charge in [-0.25, -0.2) is 13.1 Å². The molecule has 0 radical (unpaired) electrons. The minimum atomic E-state index is -3.71. The third-order valence-corrected chi connectivity index (χ3v) is 6.16. The molecule has 2 aromatic carbocycles. The average molecular weight is 416 g/mol. The van der Waals surface area contributed by atoms with Gasteiger partial charge in [-0.15, -0.1) is 0 Å². The van der Waals surface area contributed by atoms with Crippen molar-refractivity contribution in [2.24, 2.45) is 0 Å². The zero-order valence-corrected chi connectivity index (χ0v) is 17.6. The van der Waals surface area contributed by atoms with Crippen molar-refractivity contribution in [3.8, 4) is 11.5 Å². The zero-order chi connectivity index (χ0) is 21.2. The lowest BCUT2D eigenvalue weighted by Crippen LogP contribution is -2.26. The molecule has 8 heteroatoms. The largest absolute Gasteiger partial charge is 0.493 e. The number of allylic oxidation sites excluding steroid dienone is 1. The Kier molecular flexibility index (Phi) is 5.95. The molecule has 2 aromatic rings. The molecule has 0 bridgehead atoms. The van der Waals surface area contributed by atoms with Crippen LogP contribution in [0.1, 0.15) is 25.0 Å². The second kappa shape index (κ2) is 8.26. The van der Waals surface area contributed by atoms with Crippen LogP contribution in [0, 0.1) is 0 Å². The number of carbonyl (C=O) groups excluding carboxylic acids is 1. The molecular weight excluding hydrogens is 392 g/mol. The first kappa shape index (κ1) is 20.9. The molecule has 0 atom stereocenters. The van der Waals surface area contributed by atoms with Gasteiger partial charge in [0, 0.05) is 23.4 Å². The van der Waals surface area contributed by atoms with E-state index in [1.165, 1.54) is 12.1 Å². The van der Waals surface area contributed by atoms with E-state index in [2.05, 4.69) is 10.0 Å². The first-order chi connectivity index (χ1) is 13.8. The van der Waals surface area contributed by atoms with E-state index in [0.29, 0.717) is 34.7 Å². The predicted molar refractivity (Wildman–Crippen MR) is 112 cm³/mol. The standard InChI is InChI=1S/C21H24N2O5S/c1-13(2)20-16-12-15(6-7-17(16)23-21(20)24)29(25,26)22-10-9-14-5-8-18(27-3)19(11-14)28-4/h5-8,11-12,22H,9-10H2,1-4H3,(H,23,24). The van der Waals surface area contributed by atoms with Gasteiger partial charge in [0.2, 0.25) is 10.0 Å². The van der Waals surface area contributed by atoms with Crippen LogP contribution in [0.2, 0.25) is 0 Å². The summed E-state index contributed by atoms with van der Waals surface area (Å²) in [5, 5.41) is 2.76. The third kappa shape index (κ3) is 4.28. The Labute approximate surface area is 170 Å². The molecule has 2 N–H and O–H groups in total. The number of anilines is 1. The molecule has 7 nitrogen and oxygen atoms in total. The quantitative estimate of drug-likeness (QED) is 0.677. The maximum Gasteiger partial charge on any atom is 0.256 e. The van der Waals surface area contributed by atoms with Crippen molar-refractivity contribution in [3.63, 3.8) is 0 Å². The van der Waals surface area contributed by atoms with Crippen LogP contribution in [0.25, 0.3) is 5.57 Å². The number of methoxy groups -OCH3 is 2. The van der Waals surface area contributed by atoms with Crippen LogP contribution in [0.5, 0.6) is 11.5 Å². The van der Waals surface area contributed by atoms with Crippen molar-refractivity contribution in [1.29, 1.82) is 0 Å². The lowest BCUT2D eigenvalue weighted by molar-refractivity contribution is -0.110. The SMILES string of the molecule is COc1ccc(CCNS(=O)(=O)c2ccc3c(c2)C(=C(C)C)C(=O)N3)cc1OC. The molecule has 0 unspecified atom stereocenters. The molecule has 0 saturated carbocycles. The van der Waals surface area contributed by atoms with Crippen molar-refractivity contribution in [2.45, 2.75) is 25.2 Å². The van der Waals surface area contributed by atoms with Gasteiger partial charge in [-0.05, 0) is 56.2 Å². The molecule has 0 aromatic heterocycles. The molecule has 0 saturated heterocycles. The molecule has 0 fully saturated rings. The van der Waals surface area contributed by atoms with E-state index >= 15 is 0 Å². The molecule has 1 amide bonds. The van der Waals surface area contributed by atoms with Crippen LogP contribution in [0.3, 0.4) is 0 Å². The zero-order valence-electron chi connectivity index (χ0n) is 16.8. The van der Waals surface area contributed by atoms with Crippen molar-refractivity contribution in [3.05, 3.63) is 53.1 Å². The number of hydrogen-bond donors (Lipinski definition) is 2. The van der Waals surface area contributed by atoms with Gasteiger partial charge < -0.3 is 14.8 Å². The summed E-state index contributed by atoms with van der Waals surface area (Å²) in [6.07, 6.45) is 0.490. The highest BCUT2D eigenvalue weighted by atomic mass is 32.2. The van der Waals surface area contributed by atoms with E-state index in [1.807, 2.05) is 26.0 Å². The van der Waals surface area contributed by atoms with Crippen LogP contribution < -0.4 is 19.5 Å². The van der Waals surface area contributed by atoms with Crippen molar-refractivity contribution in [2.75, 3.05) is 26.1 Å². The molecule has 3 rings (SSSR count). The van der Waals surface area contributed by atoms with Gasteiger partial charge >= 0.3 is 0 Å². The number of benzene rings is 2. The number of fused-ring (bicyclic) bond motifs is 1. The molecular formula is C21H24N2O5S. The lowest BCUT2D eigenvalue weighted by Gasteiger charge is -2.11. The minimum Gasteiger partial charge on any atom is -0.493 e. The number of carbonyl (C=O) groups is 1. The highest BCUT2D eigenvalue weighted by Gasteiger charge is 2.27. The van der Waals surface area contributed by atoms with Crippen LogP contribution >= 0.6 is 0 Å². The molecule has 1 aliphatic rings. The average Bonchev–Trinajstić information content (AvgIpc) is 3.02. The van der Waals surface area contributed by atoms with Gasteiger partial charge in [0.05, 0.1) is 19.1 Å². The van der Waals surface area contributed by atoms with Gasteiger partial charge in [0.15, 0.2) is 11.5 Å². The van der Waals surface area contributed by atoms with Crippen molar-refractivity contribution < 1.29 is 22.7 Å². The first-order valence-corrected chi connectivity index (χ1v) is 10.6. The van der Waals surface area contributed by atoms with E-state index < -0.39 is 10.0 Å². The molecule has 0 spiro atoms. The van der Waals surface area contributed by atoms with Gasteiger partial charge in [-0.1, -0.05) is 11.6 Å². The Bertz CT molecular complexity index is 1090. The molecule has 29 heavy (non-hydrogen) atoms. The Morgan fingerprint density at radius 1 is 1.03 bits per heavy atom. The van der Waals surface area contributed by atoms with E-state index in [9.17, 15) is 13.2 Å². The highest BCUT2D eigenvalue weighted by molar-refractivity contribution is 7.89. The van der Waals surface area contributed by atoms with Gasteiger partial charge in [0.25, 0.3) is 5.91 Å². The van der Waals surface area contributed by atoms with Gasteiger partial charge in [-0.3, -0.25) is 4.79 Å². The summed E-state index contributed by atoms with van der Waals surface area (Å²) < 4.78 is 38.5. The Morgan fingerprint density at radius 2 is 1.76 bits per heavy atom. The monoisotopic (exact) mass is 416 g/mol. The fourth-order valence-electron chi connectivity index (χ4n) is 3.26. The summed E-state index contributed by atoms with van der Waals surface area (Å²) in [4.78, 5) is 12.2. The van der Waals surface area contributed by atoms with Crippen LogP contribution in [-0.2, 0) is 21.2 Å². The predicted octanol–water partition coefficient (Wildman–Crippen LogP) is 2.97. The minimum absolute atomic E-state index is 0.124. The Balaban J connectivity index is 1.75. The topological polar surface area (TPSA) is 93.7 Å². The lowest BCUT2D eigenvalue weighted by atomic mass is 10.0. The van der Waals surface area contributed by atoms with Gasteiger partial charge in [0.1, 0.15) is 0 Å². The van der Waals surface area contributed by atoms with Crippen LogP contribution in [0.15, 0.2) is 46.9 Å². The first-order valence-electron chi connectivity index (χ1n) is 9.10. The second-order valence-electron chi connectivity index (χ2n) is 6.87. The number of nitrogens with one attached hydrogen (secondary N) is 2. The van der Waals surface area contributed by atoms with E-state index in [1.54, 1.807) is 26.4 Å². The van der Waals surface area contributed by atoms with E-state index in [0.717, 1.165) is 11.1 Å². The Hall–Kier alpha value is -2.84. The van der Waals surface area contributed by atoms with Crippen LogP contribution in [-0.4, -0.2) is 35.1 Å². The fraction of sp³-hybridized carbons (Fsp3) is 0.286. The number of amides is 1. The smallest absolute Gasteiger partial charge is 0.256 e. The summed E-state index contributed by atoms with van der Waals surface area (Å²) in [5.74, 6) is 1.00. The van der Waals surface area contributed by atoms with Crippen LogP contribution in [0.4, 0.5) is 5.69 Å². The molecule has 154 valence electrons. The van der Waals surface area contributed by atoms with Crippen molar-refractivity contribution >= 4 is 27.2 Å². The summed E-state index contributed by atoms with van der Waals surface area (Å²) in [7, 11) is -0.599. The number of ether oxygens (including phenoxy) is 2. The van der Waals surface area contributed by atoms with Gasteiger partial charge in [-0.2, -0.15) is 0 Å². The molecule has 1 heterocycles. The van der Waals surface area contributed by atoms with E-state index in [-0.39, 0.29) is 17.3 Å². The normalized spacial score (nSPS) is 13.1. The maximum atomic E-state index is 12.7.